The van der Waals surface area contributed by atoms with Gasteiger partial charge in [0.2, 0.25) is 0 Å². The highest BCUT2D eigenvalue weighted by Crippen LogP contribution is 2.14. The van der Waals surface area contributed by atoms with Crippen LogP contribution < -0.4 is 0 Å². The van der Waals surface area contributed by atoms with E-state index in [1.54, 1.807) is 12.1 Å². The molecule has 0 aromatic heterocycles. The number of hydrogen-bond acceptors (Lipinski definition) is 3. The Kier molecular flexibility index (Phi) is 8.21. The molecule has 17 heavy (non-hydrogen) atoms. The molecule has 0 spiro atoms. The van der Waals surface area contributed by atoms with Crippen molar-refractivity contribution in [1.29, 1.82) is 0 Å². The van der Waals surface area contributed by atoms with Crippen LogP contribution in [0.15, 0.2) is 29.2 Å². The highest BCUT2D eigenvalue weighted by Gasteiger charge is 2.07. The maximum absolute atomic E-state index is 10.7. The number of aliphatic hydroxyl groups is 1. The Morgan fingerprint density at radius 3 is 2.00 bits per heavy atom. The molecular formula is C12H19ClO3S. The van der Waals surface area contributed by atoms with E-state index in [4.69, 9.17) is 15.8 Å². The first-order valence-electron chi connectivity index (χ1n) is 5.54. The lowest BCUT2D eigenvalue weighted by Crippen LogP contribution is -1.89. The van der Waals surface area contributed by atoms with Crippen molar-refractivity contribution < 1.29 is 13.5 Å². The van der Waals surface area contributed by atoms with Crippen molar-refractivity contribution in [3.05, 3.63) is 29.8 Å². The molecule has 1 aromatic carbocycles. The van der Waals surface area contributed by atoms with E-state index in [9.17, 15) is 8.42 Å². The average molecular weight is 279 g/mol. The van der Waals surface area contributed by atoms with Gasteiger partial charge >= 0.3 is 0 Å². The van der Waals surface area contributed by atoms with Crippen molar-refractivity contribution in [1.82, 2.24) is 0 Å². The standard InChI is InChI=1S/C7H7ClO2S.C5H12O/c1-6-2-4-7(5-3-6)11(8,9)10;1-2-3-4-5-6/h2-5H,1H3;6H,2-5H2,1H3. The van der Waals surface area contributed by atoms with Crippen LogP contribution in [0.25, 0.3) is 0 Å². The number of benzene rings is 1. The first kappa shape index (κ1) is 16.4. The first-order chi connectivity index (χ1) is 7.91. The lowest BCUT2D eigenvalue weighted by atomic mass is 10.2. The van der Waals surface area contributed by atoms with Gasteiger partial charge in [-0.3, -0.25) is 0 Å². The van der Waals surface area contributed by atoms with E-state index in [0.29, 0.717) is 6.61 Å². The SMILES string of the molecule is CCCCCO.Cc1ccc(S(=O)(=O)Cl)cc1. The number of aryl methyl sites for hydroxylation is 1. The Balaban J connectivity index is 0.000000366. The Morgan fingerprint density at radius 1 is 1.18 bits per heavy atom. The second-order valence-electron chi connectivity index (χ2n) is 3.68. The largest absolute Gasteiger partial charge is 0.396 e. The van der Waals surface area contributed by atoms with E-state index < -0.39 is 9.05 Å². The van der Waals surface area contributed by atoms with Gasteiger partial charge in [-0.15, -0.1) is 0 Å². The Bertz CT molecular complexity index is 394. The third kappa shape index (κ3) is 8.18. The van der Waals surface area contributed by atoms with Crippen molar-refractivity contribution >= 4 is 19.7 Å². The van der Waals surface area contributed by atoms with Gasteiger partial charge in [0.25, 0.3) is 9.05 Å². The summed E-state index contributed by atoms with van der Waals surface area (Å²) in [6, 6.07) is 6.37. The molecule has 3 nitrogen and oxygen atoms in total. The zero-order valence-corrected chi connectivity index (χ0v) is 11.8. The van der Waals surface area contributed by atoms with Crippen LogP contribution in [0.1, 0.15) is 31.7 Å². The van der Waals surface area contributed by atoms with Gasteiger partial charge in [0.1, 0.15) is 0 Å². The maximum atomic E-state index is 10.7. The van der Waals surface area contributed by atoms with Gasteiger partial charge in [0, 0.05) is 17.3 Å². The predicted molar refractivity (Wildman–Crippen MR) is 70.8 cm³/mol. The monoisotopic (exact) mass is 278 g/mol. The van der Waals surface area contributed by atoms with Crippen LogP contribution in [0.3, 0.4) is 0 Å². The average Bonchev–Trinajstić information content (AvgIpc) is 2.26. The Hall–Kier alpha value is -0.580. The normalized spacial score (nSPS) is 10.6. The number of halogens is 1. The summed E-state index contributed by atoms with van der Waals surface area (Å²) in [4.78, 5) is 0.143. The van der Waals surface area contributed by atoms with Crippen molar-refractivity contribution in [2.24, 2.45) is 0 Å². The molecule has 0 fully saturated rings. The minimum atomic E-state index is -3.55. The van der Waals surface area contributed by atoms with Crippen LogP contribution in [0.2, 0.25) is 0 Å². The van der Waals surface area contributed by atoms with Gasteiger partial charge in [0.05, 0.1) is 4.90 Å². The summed E-state index contributed by atoms with van der Waals surface area (Å²) < 4.78 is 21.4. The fourth-order valence-electron chi connectivity index (χ4n) is 1.06. The van der Waals surface area contributed by atoms with E-state index >= 15 is 0 Å². The minimum absolute atomic E-state index is 0.143. The van der Waals surface area contributed by atoms with Crippen molar-refractivity contribution in [3.8, 4) is 0 Å². The summed E-state index contributed by atoms with van der Waals surface area (Å²) in [5.41, 5.74) is 1.01. The maximum Gasteiger partial charge on any atom is 0.261 e. The molecule has 5 heteroatoms. The van der Waals surface area contributed by atoms with Crippen LogP contribution in [-0.2, 0) is 9.05 Å². The summed E-state index contributed by atoms with van der Waals surface area (Å²) in [7, 11) is 1.54. The summed E-state index contributed by atoms with van der Waals surface area (Å²) in [6.07, 6.45) is 3.33. The molecule has 0 amide bonds. The molecule has 98 valence electrons. The number of aliphatic hydroxyl groups excluding tert-OH is 1. The van der Waals surface area contributed by atoms with Crippen molar-refractivity contribution in [2.75, 3.05) is 6.61 Å². The molecule has 0 saturated heterocycles. The zero-order chi connectivity index (χ0) is 13.3. The molecule has 0 atom stereocenters. The molecular weight excluding hydrogens is 260 g/mol. The first-order valence-corrected chi connectivity index (χ1v) is 7.85. The van der Waals surface area contributed by atoms with Crippen LogP contribution >= 0.6 is 10.7 Å². The molecule has 0 aliphatic rings. The fraction of sp³-hybridized carbons (Fsp3) is 0.500. The summed E-state index contributed by atoms with van der Waals surface area (Å²) in [5, 5.41) is 8.20. The molecule has 0 heterocycles. The fourth-order valence-corrected chi connectivity index (χ4v) is 1.83. The van der Waals surface area contributed by atoms with Crippen molar-refractivity contribution in [3.63, 3.8) is 0 Å². The third-order valence-corrected chi connectivity index (χ3v) is 3.43. The summed E-state index contributed by atoms with van der Waals surface area (Å²) >= 11 is 0. The van der Waals surface area contributed by atoms with Gasteiger partial charge in [-0.1, -0.05) is 37.5 Å². The molecule has 1 aromatic rings. The summed E-state index contributed by atoms with van der Waals surface area (Å²) in [5.74, 6) is 0. The van der Waals surface area contributed by atoms with Crippen LogP contribution in [-0.4, -0.2) is 20.1 Å². The second-order valence-corrected chi connectivity index (χ2v) is 6.25. The Labute approximate surface area is 108 Å². The number of hydrogen-bond donors (Lipinski definition) is 1. The topological polar surface area (TPSA) is 54.4 Å². The van der Waals surface area contributed by atoms with Gasteiger partial charge in [-0.2, -0.15) is 0 Å². The molecule has 0 bridgehead atoms. The van der Waals surface area contributed by atoms with Gasteiger partial charge in [-0.25, -0.2) is 8.42 Å². The van der Waals surface area contributed by atoms with Crippen LogP contribution in [0.4, 0.5) is 0 Å². The summed E-state index contributed by atoms with van der Waals surface area (Å²) in [6.45, 7) is 4.36. The quantitative estimate of drug-likeness (QED) is 0.680. The lowest BCUT2D eigenvalue weighted by molar-refractivity contribution is 0.284. The zero-order valence-electron chi connectivity index (χ0n) is 10.2. The molecule has 0 saturated carbocycles. The molecule has 1 rings (SSSR count). The smallest absolute Gasteiger partial charge is 0.261 e. The van der Waals surface area contributed by atoms with E-state index in [2.05, 4.69) is 6.92 Å². The van der Waals surface area contributed by atoms with Crippen LogP contribution in [0.5, 0.6) is 0 Å². The third-order valence-electron chi connectivity index (χ3n) is 2.06. The Morgan fingerprint density at radius 2 is 1.71 bits per heavy atom. The van der Waals surface area contributed by atoms with Crippen molar-refractivity contribution in [2.45, 2.75) is 38.0 Å². The van der Waals surface area contributed by atoms with Gasteiger partial charge in [0.15, 0.2) is 0 Å². The highest BCUT2D eigenvalue weighted by atomic mass is 35.7. The molecule has 0 unspecified atom stereocenters. The van der Waals surface area contributed by atoms with E-state index in [-0.39, 0.29) is 4.90 Å². The van der Waals surface area contributed by atoms with Gasteiger partial charge < -0.3 is 5.11 Å². The molecule has 1 N–H and O–H groups in total. The minimum Gasteiger partial charge on any atom is -0.396 e. The molecule has 0 radical (unpaired) electrons. The van der Waals surface area contributed by atoms with E-state index in [1.807, 2.05) is 6.92 Å². The lowest BCUT2D eigenvalue weighted by Gasteiger charge is -1.94. The number of rotatable bonds is 4. The second kappa shape index (κ2) is 8.50. The van der Waals surface area contributed by atoms with E-state index in [1.165, 1.54) is 18.6 Å². The number of unbranched alkanes of at least 4 members (excludes halogenated alkanes) is 2. The highest BCUT2D eigenvalue weighted by molar-refractivity contribution is 8.13. The predicted octanol–water partition coefficient (Wildman–Crippen LogP) is 3.09. The van der Waals surface area contributed by atoms with E-state index in [0.717, 1.165) is 18.4 Å². The molecule has 0 aliphatic carbocycles. The van der Waals surface area contributed by atoms with Gasteiger partial charge in [-0.05, 0) is 25.5 Å². The molecule has 0 aliphatic heterocycles. The van der Waals surface area contributed by atoms with Crippen LogP contribution in [0, 0.1) is 6.92 Å².